The summed E-state index contributed by atoms with van der Waals surface area (Å²) in [7, 11) is 3.59. The van der Waals surface area contributed by atoms with Gasteiger partial charge in [-0.05, 0) is 18.2 Å². The summed E-state index contributed by atoms with van der Waals surface area (Å²) in [5.41, 5.74) is 2.29. The lowest BCUT2D eigenvalue weighted by atomic mass is 10.0. The Labute approximate surface area is 151 Å². The number of ether oxygens (including phenoxy) is 1. The fourth-order valence-corrected chi connectivity index (χ4v) is 3.49. The topological polar surface area (TPSA) is 61.0 Å². The number of hydrogen-bond donors (Lipinski definition) is 0. The van der Waals surface area contributed by atoms with Crippen LogP contribution in [0.2, 0.25) is 0 Å². The monoisotopic (exact) mass is 356 g/mol. The highest BCUT2D eigenvalue weighted by molar-refractivity contribution is 5.32. The molecule has 1 fully saturated rings. The normalized spacial score (nSPS) is 20.7. The lowest BCUT2D eigenvalue weighted by Gasteiger charge is -2.13. The summed E-state index contributed by atoms with van der Waals surface area (Å²) in [5.74, 6) is -0.104. The van der Waals surface area contributed by atoms with Crippen molar-refractivity contribution in [3.05, 3.63) is 59.9 Å². The van der Waals surface area contributed by atoms with Crippen LogP contribution in [0.4, 0.5) is 4.39 Å². The first-order valence-corrected chi connectivity index (χ1v) is 8.55. The summed E-state index contributed by atoms with van der Waals surface area (Å²) < 4.78 is 22.9. The standard InChI is InChI=1S/C18H21FN6O/c1-23-11-16(20-22-23)14-10-24(12-18(14)26-2)9-13-7-8-25(21-13)17-6-4-3-5-15(17)19/h3-8,11,14,18H,9-10,12H2,1-2H3/t14-,18+/m0/s1. The van der Waals surface area contributed by atoms with Crippen LogP contribution < -0.4 is 0 Å². The van der Waals surface area contributed by atoms with Crippen molar-refractivity contribution < 1.29 is 9.13 Å². The number of methoxy groups -OCH3 is 1. The van der Waals surface area contributed by atoms with Crippen molar-refractivity contribution in [1.82, 2.24) is 29.7 Å². The molecule has 0 bridgehead atoms. The number of aryl methyl sites for hydroxylation is 1. The molecule has 136 valence electrons. The third kappa shape index (κ3) is 3.25. The lowest BCUT2D eigenvalue weighted by Crippen LogP contribution is -2.22. The van der Waals surface area contributed by atoms with Crippen LogP contribution in [-0.2, 0) is 18.3 Å². The van der Waals surface area contributed by atoms with Crippen LogP contribution >= 0.6 is 0 Å². The average Bonchev–Trinajstić information content (AvgIpc) is 3.35. The quantitative estimate of drug-likeness (QED) is 0.697. The first kappa shape index (κ1) is 16.9. The molecule has 0 saturated carbocycles. The number of para-hydroxylation sites is 1. The molecule has 8 heteroatoms. The number of benzene rings is 1. The van der Waals surface area contributed by atoms with Crippen LogP contribution in [0, 0.1) is 5.82 Å². The maximum Gasteiger partial charge on any atom is 0.148 e. The van der Waals surface area contributed by atoms with Gasteiger partial charge >= 0.3 is 0 Å². The van der Waals surface area contributed by atoms with E-state index in [1.807, 2.05) is 19.3 Å². The Bertz CT molecular complexity index is 891. The number of rotatable bonds is 5. The summed E-state index contributed by atoms with van der Waals surface area (Å²) in [6.45, 7) is 2.30. The molecule has 1 saturated heterocycles. The van der Waals surface area contributed by atoms with Gasteiger partial charge in [-0.15, -0.1) is 5.10 Å². The van der Waals surface area contributed by atoms with E-state index >= 15 is 0 Å². The molecule has 0 radical (unpaired) electrons. The van der Waals surface area contributed by atoms with Gasteiger partial charge in [0.1, 0.15) is 11.5 Å². The second kappa shape index (κ2) is 6.97. The van der Waals surface area contributed by atoms with E-state index in [1.54, 1.807) is 40.9 Å². The molecular weight excluding hydrogens is 335 g/mol. The molecule has 1 aliphatic heterocycles. The van der Waals surface area contributed by atoms with Crippen molar-refractivity contribution in [2.75, 3.05) is 20.2 Å². The molecule has 1 aliphatic rings. The van der Waals surface area contributed by atoms with Crippen LogP contribution in [0.3, 0.4) is 0 Å². The van der Waals surface area contributed by atoms with Gasteiger partial charge in [-0.1, -0.05) is 17.3 Å². The molecule has 0 spiro atoms. The van der Waals surface area contributed by atoms with E-state index in [2.05, 4.69) is 20.3 Å². The van der Waals surface area contributed by atoms with Crippen molar-refractivity contribution in [1.29, 1.82) is 0 Å². The van der Waals surface area contributed by atoms with Gasteiger partial charge in [-0.2, -0.15) is 5.10 Å². The second-order valence-corrected chi connectivity index (χ2v) is 6.59. The third-order valence-electron chi connectivity index (χ3n) is 4.77. The predicted octanol–water partition coefficient (Wildman–Crippen LogP) is 1.75. The Morgan fingerprint density at radius 2 is 2.08 bits per heavy atom. The second-order valence-electron chi connectivity index (χ2n) is 6.59. The van der Waals surface area contributed by atoms with Gasteiger partial charge in [-0.3, -0.25) is 9.58 Å². The molecule has 2 aromatic heterocycles. The summed E-state index contributed by atoms with van der Waals surface area (Å²) in [6.07, 6.45) is 3.80. The zero-order valence-electron chi connectivity index (χ0n) is 14.8. The van der Waals surface area contributed by atoms with Crippen molar-refractivity contribution in [3.8, 4) is 5.69 Å². The summed E-state index contributed by atoms with van der Waals surface area (Å²) in [6, 6.07) is 8.54. The van der Waals surface area contributed by atoms with Crippen molar-refractivity contribution in [2.45, 2.75) is 18.6 Å². The maximum absolute atomic E-state index is 13.9. The molecule has 26 heavy (non-hydrogen) atoms. The third-order valence-corrected chi connectivity index (χ3v) is 4.77. The van der Waals surface area contributed by atoms with Crippen molar-refractivity contribution in [2.24, 2.45) is 7.05 Å². The molecular formula is C18H21FN6O. The molecule has 0 N–H and O–H groups in total. The van der Waals surface area contributed by atoms with Gasteiger partial charge in [0.2, 0.25) is 0 Å². The minimum atomic E-state index is -0.287. The largest absolute Gasteiger partial charge is 0.379 e. The van der Waals surface area contributed by atoms with Crippen LogP contribution in [0.5, 0.6) is 0 Å². The zero-order chi connectivity index (χ0) is 18.1. The molecule has 7 nitrogen and oxygen atoms in total. The van der Waals surface area contributed by atoms with Crippen LogP contribution in [0.25, 0.3) is 5.69 Å². The first-order valence-electron chi connectivity index (χ1n) is 8.55. The first-order chi connectivity index (χ1) is 12.6. The van der Waals surface area contributed by atoms with E-state index in [9.17, 15) is 4.39 Å². The Morgan fingerprint density at radius 3 is 2.81 bits per heavy atom. The Kier molecular flexibility index (Phi) is 4.52. The van der Waals surface area contributed by atoms with Gasteiger partial charge in [0.05, 0.1) is 17.5 Å². The van der Waals surface area contributed by atoms with Gasteiger partial charge in [0.15, 0.2) is 0 Å². The molecule has 3 heterocycles. The highest BCUT2D eigenvalue weighted by Gasteiger charge is 2.35. The number of aromatic nitrogens is 5. The van der Waals surface area contributed by atoms with E-state index in [0.29, 0.717) is 12.2 Å². The highest BCUT2D eigenvalue weighted by atomic mass is 19.1. The molecule has 0 unspecified atom stereocenters. The fourth-order valence-electron chi connectivity index (χ4n) is 3.49. The van der Waals surface area contributed by atoms with Crippen molar-refractivity contribution in [3.63, 3.8) is 0 Å². The van der Waals surface area contributed by atoms with Gasteiger partial charge < -0.3 is 4.74 Å². The number of likely N-dealkylation sites (tertiary alicyclic amines) is 1. The van der Waals surface area contributed by atoms with Gasteiger partial charge in [0.25, 0.3) is 0 Å². The predicted molar refractivity (Wildman–Crippen MR) is 93.3 cm³/mol. The van der Waals surface area contributed by atoms with Crippen LogP contribution in [0.1, 0.15) is 17.3 Å². The van der Waals surface area contributed by atoms with E-state index in [1.165, 1.54) is 6.07 Å². The van der Waals surface area contributed by atoms with Gasteiger partial charge in [0, 0.05) is 52.1 Å². The minimum absolute atomic E-state index is 0.0698. The average molecular weight is 356 g/mol. The Hall–Kier alpha value is -2.58. The molecule has 1 aromatic carbocycles. The minimum Gasteiger partial charge on any atom is -0.379 e. The summed E-state index contributed by atoms with van der Waals surface area (Å²) >= 11 is 0. The van der Waals surface area contributed by atoms with E-state index in [4.69, 9.17) is 4.74 Å². The van der Waals surface area contributed by atoms with Crippen LogP contribution in [-0.4, -0.2) is 56.0 Å². The number of hydrogen-bond acceptors (Lipinski definition) is 5. The molecule has 0 amide bonds. The lowest BCUT2D eigenvalue weighted by molar-refractivity contribution is 0.0956. The molecule has 4 rings (SSSR count). The number of nitrogens with zero attached hydrogens (tertiary/aromatic N) is 6. The van der Waals surface area contributed by atoms with E-state index in [-0.39, 0.29) is 17.8 Å². The maximum atomic E-state index is 13.9. The van der Waals surface area contributed by atoms with Gasteiger partial charge in [-0.25, -0.2) is 9.07 Å². The summed E-state index contributed by atoms with van der Waals surface area (Å²) in [4.78, 5) is 2.28. The smallest absolute Gasteiger partial charge is 0.148 e. The molecule has 2 atom stereocenters. The van der Waals surface area contributed by atoms with Crippen molar-refractivity contribution >= 4 is 0 Å². The summed E-state index contributed by atoms with van der Waals surface area (Å²) in [5, 5.41) is 12.8. The Balaban J connectivity index is 1.47. The molecule has 3 aromatic rings. The zero-order valence-corrected chi connectivity index (χ0v) is 14.8. The SMILES string of the molecule is CO[C@@H]1CN(Cc2ccn(-c3ccccc3F)n2)C[C@H]1c1cn(C)nn1. The fraction of sp³-hybridized carbons (Fsp3) is 0.389. The number of halogens is 1. The van der Waals surface area contributed by atoms with E-state index in [0.717, 1.165) is 24.5 Å². The van der Waals surface area contributed by atoms with Crippen LogP contribution in [0.15, 0.2) is 42.7 Å². The van der Waals surface area contributed by atoms with E-state index < -0.39 is 0 Å². The highest BCUT2D eigenvalue weighted by Crippen LogP contribution is 2.29. The molecule has 0 aliphatic carbocycles. The Morgan fingerprint density at radius 1 is 1.23 bits per heavy atom.